The van der Waals surface area contributed by atoms with Crippen molar-refractivity contribution < 1.29 is 23.1 Å². The van der Waals surface area contributed by atoms with Gasteiger partial charge in [-0.3, -0.25) is 9.59 Å². The van der Waals surface area contributed by atoms with Gasteiger partial charge in [-0.1, -0.05) is 12.1 Å². The fraction of sp³-hybridized carbons (Fsp3) is 0.222. The van der Waals surface area contributed by atoms with Crippen LogP contribution in [0.1, 0.15) is 11.1 Å². The highest BCUT2D eigenvalue weighted by Gasteiger charge is 2.15. The summed E-state index contributed by atoms with van der Waals surface area (Å²) < 4.78 is 31.3. The largest absolute Gasteiger partial charge is 0.493 e. The van der Waals surface area contributed by atoms with Gasteiger partial charge in [0, 0.05) is 24.7 Å². The highest BCUT2D eigenvalue weighted by molar-refractivity contribution is 6.39. The molecule has 0 aliphatic carbocycles. The van der Waals surface area contributed by atoms with Crippen molar-refractivity contribution in [3.63, 3.8) is 0 Å². The second kappa shape index (κ2) is 7.29. The maximum Gasteiger partial charge on any atom is 0.313 e. The first-order valence-corrected chi connectivity index (χ1v) is 7.82. The number of carbonyl (C=O) groups is 2. The quantitative estimate of drug-likeness (QED) is 0.834. The molecule has 0 radical (unpaired) electrons. The maximum absolute atomic E-state index is 13.1. The number of ether oxygens (including phenoxy) is 1. The lowest BCUT2D eigenvalue weighted by molar-refractivity contribution is -0.136. The molecule has 2 N–H and O–H groups in total. The summed E-state index contributed by atoms with van der Waals surface area (Å²) in [6.07, 6.45) is 1.43. The summed E-state index contributed by atoms with van der Waals surface area (Å²) in [6.45, 7) is 0.962. The first-order valence-electron chi connectivity index (χ1n) is 7.82. The molecular weight excluding hydrogens is 330 g/mol. The van der Waals surface area contributed by atoms with Crippen molar-refractivity contribution >= 4 is 17.5 Å². The summed E-state index contributed by atoms with van der Waals surface area (Å²) in [5.74, 6) is -3.01. The molecule has 1 heterocycles. The minimum atomic E-state index is -1.10. The van der Waals surface area contributed by atoms with Crippen molar-refractivity contribution in [1.29, 1.82) is 0 Å². The molecule has 1 aliphatic rings. The molecule has 0 atom stereocenters. The van der Waals surface area contributed by atoms with E-state index in [1.165, 1.54) is 6.07 Å². The number of anilines is 1. The minimum Gasteiger partial charge on any atom is -0.493 e. The number of nitrogens with one attached hydrogen (secondary N) is 2. The lowest BCUT2D eigenvalue weighted by Crippen LogP contribution is -2.36. The number of amides is 2. The van der Waals surface area contributed by atoms with Crippen molar-refractivity contribution in [3.8, 4) is 5.75 Å². The van der Waals surface area contributed by atoms with Gasteiger partial charge >= 0.3 is 11.8 Å². The number of fused-ring (bicyclic) bond motifs is 1. The number of halogens is 2. The molecule has 0 aromatic heterocycles. The first kappa shape index (κ1) is 16.9. The van der Waals surface area contributed by atoms with E-state index in [1.54, 1.807) is 0 Å². The van der Waals surface area contributed by atoms with Gasteiger partial charge in [-0.05, 0) is 35.7 Å². The third-order valence-corrected chi connectivity index (χ3v) is 3.84. The van der Waals surface area contributed by atoms with Crippen LogP contribution in [0.3, 0.4) is 0 Å². The van der Waals surface area contributed by atoms with Gasteiger partial charge < -0.3 is 15.4 Å². The van der Waals surface area contributed by atoms with Crippen LogP contribution in [0.2, 0.25) is 0 Å². The van der Waals surface area contributed by atoms with Crippen LogP contribution >= 0.6 is 0 Å². The molecule has 0 saturated carbocycles. The number of hydrogen-bond acceptors (Lipinski definition) is 3. The molecular formula is C18H16F2N2O3. The number of carbonyl (C=O) groups excluding carboxylic acids is 2. The molecule has 5 nitrogen and oxygen atoms in total. The Kier molecular flexibility index (Phi) is 4.92. The summed E-state index contributed by atoms with van der Waals surface area (Å²) in [5.41, 5.74) is 2.18. The van der Waals surface area contributed by atoms with Gasteiger partial charge in [-0.15, -0.1) is 0 Å². The Labute approximate surface area is 143 Å². The Morgan fingerprint density at radius 2 is 1.88 bits per heavy atom. The van der Waals surface area contributed by atoms with E-state index in [-0.39, 0.29) is 12.2 Å². The van der Waals surface area contributed by atoms with Crippen molar-refractivity contribution in [3.05, 3.63) is 59.2 Å². The predicted molar refractivity (Wildman–Crippen MR) is 87.3 cm³/mol. The highest BCUT2D eigenvalue weighted by atomic mass is 19.2. The topological polar surface area (TPSA) is 67.4 Å². The van der Waals surface area contributed by atoms with Crippen LogP contribution in [0.15, 0.2) is 36.4 Å². The van der Waals surface area contributed by atoms with E-state index >= 15 is 0 Å². The molecule has 2 aromatic rings. The first-order chi connectivity index (χ1) is 12.0. The Morgan fingerprint density at radius 1 is 1.04 bits per heavy atom. The number of benzene rings is 2. The zero-order valence-electron chi connectivity index (χ0n) is 13.3. The number of rotatable bonds is 4. The second-order valence-corrected chi connectivity index (χ2v) is 5.63. The molecule has 25 heavy (non-hydrogen) atoms. The van der Waals surface area contributed by atoms with Gasteiger partial charge in [-0.2, -0.15) is 0 Å². The van der Waals surface area contributed by atoms with E-state index in [0.29, 0.717) is 13.0 Å². The van der Waals surface area contributed by atoms with Gasteiger partial charge in [0.15, 0.2) is 11.6 Å². The van der Waals surface area contributed by atoms with Crippen LogP contribution in [-0.4, -0.2) is 25.0 Å². The van der Waals surface area contributed by atoms with Crippen molar-refractivity contribution in [2.75, 3.05) is 18.5 Å². The Morgan fingerprint density at radius 3 is 2.68 bits per heavy atom. The van der Waals surface area contributed by atoms with E-state index in [2.05, 4.69) is 10.6 Å². The zero-order chi connectivity index (χ0) is 17.8. The van der Waals surface area contributed by atoms with Crippen LogP contribution < -0.4 is 15.4 Å². The van der Waals surface area contributed by atoms with E-state index in [1.807, 2.05) is 18.2 Å². The Balaban J connectivity index is 1.48. The van der Waals surface area contributed by atoms with Crippen molar-refractivity contribution in [1.82, 2.24) is 5.32 Å². The van der Waals surface area contributed by atoms with E-state index < -0.39 is 23.4 Å². The minimum absolute atomic E-state index is 0.0117. The van der Waals surface area contributed by atoms with Crippen LogP contribution in [0.5, 0.6) is 5.75 Å². The van der Waals surface area contributed by atoms with Gasteiger partial charge in [0.1, 0.15) is 5.75 Å². The summed E-state index contributed by atoms with van der Waals surface area (Å²) in [4.78, 5) is 23.5. The molecule has 3 rings (SSSR count). The lowest BCUT2D eigenvalue weighted by atomic mass is 10.1. The molecule has 1 aliphatic heterocycles. The molecule has 130 valence electrons. The summed E-state index contributed by atoms with van der Waals surface area (Å²) in [5, 5.41) is 4.71. The van der Waals surface area contributed by atoms with Crippen molar-refractivity contribution in [2.45, 2.75) is 12.8 Å². The summed E-state index contributed by atoms with van der Waals surface area (Å²) in [6, 6.07) is 8.70. The molecule has 7 heteroatoms. The molecule has 0 spiro atoms. The maximum atomic E-state index is 13.1. The van der Waals surface area contributed by atoms with E-state index in [0.717, 1.165) is 35.4 Å². The molecule has 0 unspecified atom stereocenters. The third kappa shape index (κ3) is 4.12. The molecule has 0 bridgehead atoms. The van der Waals surface area contributed by atoms with Crippen LogP contribution in [0, 0.1) is 11.6 Å². The zero-order valence-corrected chi connectivity index (χ0v) is 13.3. The average Bonchev–Trinajstić information content (AvgIpc) is 3.05. The van der Waals surface area contributed by atoms with E-state index in [9.17, 15) is 18.4 Å². The van der Waals surface area contributed by atoms with Crippen LogP contribution in [-0.2, 0) is 22.4 Å². The smallest absolute Gasteiger partial charge is 0.313 e. The normalized spacial score (nSPS) is 12.2. The molecule has 2 amide bonds. The van der Waals surface area contributed by atoms with E-state index in [4.69, 9.17) is 4.74 Å². The molecule has 0 saturated heterocycles. The third-order valence-electron chi connectivity index (χ3n) is 3.84. The fourth-order valence-electron chi connectivity index (χ4n) is 2.56. The van der Waals surface area contributed by atoms with Crippen molar-refractivity contribution in [2.24, 2.45) is 0 Å². The van der Waals surface area contributed by atoms with Gasteiger partial charge in [0.05, 0.1) is 6.61 Å². The van der Waals surface area contributed by atoms with Crippen LogP contribution in [0.25, 0.3) is 0 Å². The highest BCUT2D eigenvalue weighted by Crippen LogP contribution is 2.25. The fourth-order valence-corrected chi connectivity index (χ4v) is 2.56. The monoisotopic (exact) mass is 346 g/mol. The Hall–Kier alpha value is -2.96. The van der Waals surface area contributed by atoms with Crippen LogP contribution in [0.4, 0.5) is 14.5 Å². The molecule has 2 aromatic carbocycles. The predicted octanol–water partition coefficient (Wildman–Crippen LogP) is 2.20. The van der Waals surface area contributed by atoms with Gasteiger partial charge in [0.2, 0.25) is 0 Å². The van der Waals surface area contributed by atoms with Gasteiger partial charge in [0.25, 0.3) is 0 Å². The number of hydrogen-bond donors (Lipinski definition) is 2. The molecule has 0 fully saturated rings. The second-order valence-electron chi connectivity index (χ2n) is 5.63. The van der Waals surface area contributed by atoms with Gasteiger partial charge in [-0.25, -0.2) is 8.78 Å². The summed E-state index contributed by atoms with van der Waals surface area (Å²) >= 11 is 0. The lowest BCUT2D eigenvalue weighted by Gasteiger charge is -2.08. The SMILES string of the molecule is O=C(NCCc1ccc2c(c1)CCO2)C(=O)Nc1ccc(F)c(F)c1. The standard InChI is InChI=1S/C18H16F2N2O3/c19-14-3-2-13(10-15(14)20)22-18(24)17(23)21-7-5-11-1-4-16-12(9-11)6-8-25-16/h1-4,9-10H,5-8H2,(H,21,23)(H,22,24). The average molecular weight is 346 g/mol. The summed E-state index contributed by atoms with van der Waals surface area (Å²) in [7, 11) is 0. The Bertz CT molecular complexity index is 824.